The third-order valence-corrected chi connectivity index (χ3v) is 4.68. The zero-order valence-electron chi connectivity index (χ0n) is 13.1. The van der Waals surface area contributed by atoms with Gasteiger partial charge in [0.25, 0.3) is 5.91 Å². The van der Waals surface area contributed by atoms with Crippen molar-refractivity contribution in [3.8, 4) is 5.75 Å². The summed E-state index contributed by atoms with van der Waals surface area (Å²) in [5.74, 6) is 0.868. The van der Waals surface area contributed by atoms with Crippen molar-refractivity contribution < 1.29 is 9.53 Å². The molecule has 2 atom stereocenters. The number of ether oxygens (including phenoxy) is 1. The molecule has 1 aliphatic carbocycles. The van der Waals surface area contributed by atoms with E-state index in [9.17, 15) is 4.79 Å². The van der Waals surface area contributed by atoms with Gasteiger partial charge in [-0.05, 0) is 12.1 Å². The van der Waals surface area contributed by atoms with Gasteiger partial charge < -0.3 is 9.64 Å². The van der Waals surface area contributed by atoms with Crippen LogP contribution in [-0.2, 0) is 0 Å². The van der Waals surface area contributed by atoms with E-state index in [2.05, 4.69) is 24.0 Å². The van der Waals surface area contributed by atoms with Crippen LogP contribution in [0.4, 0.5) is 0 Å². The molecule has 1 aliphatic rings. The number of rotatable bonds is 4. The van der Waals surface area contributed by atoms with E-state index in [1.165, 1.54) is 0 Å². The molecular formula is C17H21N3O2. The number of hydrogen-bond acceptors (Lipinski definition) is 3. The highest BCUT2D eigenvalue weighted by atomic mass is 16.5. The molecule has 2 aromatic rings. The lowest BCUT2D eigenvalue weighted by atomic mass is 9.63. The van der Waals surface area contributed by atoms with Crippen molar-refractivity contribution in [1.82, 2.24) is 15.1 Å². The molecule has 1 aromatic heterocycles. The molecule has 1 fully saturated rings. The van der Waals surface area contributed by atoms with Crippen LogP contribution in [0.25, 0.3) is 0 Å². The van der Waals surface area contributed by atoms with Crippen molar-refractivity contribution >= 4 is 5.91 Å². The first-order chi connectivity index (χ1) is 10.5. The third-order valence-electron chi connectivity index (χ3n) is 4.68. The number of benzene rings is 1. The highest BCUT2D eigenvalue weighted by Crippen LogP contribution is 2.45. The minimum atomic E-state index is -0.0933. The van der Waals surface area contributed by atoms with Gasteiger partial charge in [0, 0.05) is 31.1 Å². The zero-order chi connectivity index (χ0) is 15.7. The molecule has 2 unspecified atom stereocenters. The lowest BCUT2D eigenvalue weighted by Gasteiger charge is -2.54. The number of nitrogens with one attached hydrogen (secondary N) is 1. The van der Waals surface area contributed by atoms with E-state index in [0.29, 0.717) is 5.56 Å². The first-order valence-electron chi connectivity index (χ1n) is 7.48. The number of hydrogen-bond donors (Lipinski definition) is 1. The maximum absolute atomic E-state index is 12.4. The minimum Gasteiger partial charge on any atom is -0.490 e. The Labute approximate surface area is 130 Å². The Balaban J connectivity index is 1.67. The largest absolute Gasteiger partial charge is 0.490 e. The first kappa shape index (κ1) is 14.6. The van der Waals surface area contributed by atoms with Crippen LogP contribution in [-0.4, -0.2) is 40.2 Å². The topological polar surface area (TPSA) is 58.2 Å². The number of aromatic amines is 1. The number of aromatic nitrogens is 2. The molecule has 0 saturated heterocycles. The van der Waals surface area contributed by atoms with Gasteiger partial charge in [-0.25, -0.2) is 0 Å². The second-order valence-electron chi connectivity index (χ2n) is 6.40. The summed E-state index contributed by atoms with van der Waals surface area (Å²) in [4.78, 5) is 14.2. The van der Waals surface area contributed by atoms with Crippen molar-refractivity contribution in [2.24, 2.45) is 5.41 Å². The summed E-state index contributed by atoms with van der Waals surface area (Å²) in [5, 5.41) is 6.52. The number of nitrogens with zero attached hydrogens (tertiary/aromatic N) is 2. The fourth-order valence-electron chi connectivity index (χ4n) is 3.10. The molecule has 1 amide bonds. The Kier molecular flexibility index (Phi) is 3.64. The molecular weight excluding hydrogens is 278 g/mol. The summed E-state index contributed by atoms with van der Waals surface area (Å²) in [6, 6.07) is 9.98. The minimum absolute atomic E-state index is 0.00927. The second kappa shape index (κ2) is 5.48. The van der Waals surface area contributed by atoms with E-state index in [4.69, 9.17) is 4.74 Å². The second-order valence-corrected chi connectivity index (χ2v) is 6.40. The molecule has 1 saturated carbocycles. The Bertz CT molecular complexity index is 637. The lowest BCUT2D eigenvalue weighted by molar-refractivity contribution is -0.0886. The Morgan fingerprint density at radius 3 is 2.68 bits per heavy atom. The van der Waals surface area contributed by atoms with Crippen LogP contribution in [0.15, 0.2) is 42.7 Å². The monoisotopic (exact) mass is 299 g/mol. The molecule has 0 spiro atoms. The summed E-state index contributed by atoms with van der Waals surface area (Å²) in [6.07, 6.45) is 4.13. The van der Waals surface area contributed by atoms with E-state index in [1.54, 1.807) is 17.3 Å². The maximum atomic E-state index is 12.4. The number of carbonyl (C=O) groups is 1. The zero-order valence-corrected chi connectivity index (χ0v) is 13.1. The van der Waals surface area contributed by atoms with E-state index >= 15 is 0 Å². The van der Waals surface area contributed by atoms with Crippen LogP contribution in [0.1, 0.15) is 30.6 Å². The van der Waals surface area contributed by atoms with Crippen LogP contribution >= 0.6 is 0 Å². The normalized spacial score (nSPS) is 22.7. The molecule has 116 valence electrons. The predicted octanol–water partition coefficient (Wildman–Crippen LogP) is 2.73. The predicted molar refractivity (Wildman–Crippen MR) is 83.7 cm³/mol. The molecule has 0 bridgehead atoms. The summed E-state index contributed by atoms with van der Waals surface area (Å²) < 4.78 is 6.06. The molecule has 3 rings (SSSR count). The van der Waals surface area contributed by atoms with Crippen LogP contribution in [0.3, 0.4) is 0 Å². The fraction of sp³-hybridized carbons (Fsp3) is 0.412. The number of H-pyrrole nitrogens is 1. The lowest BCUT2D eigenvalue weighted by Crippen LogP contribution is -2.63. The number of carbonyl (C=O) groups excluding carboxylic acids is 1. The van der Waals surface area contributed by atoms with Gasteiger partial charge in [0.15, 0.2) is 0 Å². The van der Waals surface area contributed by atoms with Gasteiger partial charge in [-0.1, -0.05) is 32.0 Å². The molecule has 1 N–H and O–H groups in total. The van der Waals surface area contributed by atoms with Crippen LogP contribution in [0.2, 0.25) is 0 Å². The first-order valence-corrected chi connectivity index (χ1v) is 7.48. The smallest absolute Gasteiger partial charge is 0.257 e. The van der Waals surface area contributed by atoms with Gasteiger partial charge in [-0.3, -0.25) is 9.89 Å². The Morgan fingerprint density at radius 1 is 1.36 bits per heavy atom. The van der Waals surface area contributed by atoms with Crippen molar-refractivity contribution in [3.63, 3.8) is 0 Å². The van der Waals surface area contributed by atoms with E-state index in [0.717, 1.165) is 12.2 Å². The Morgan fingerprint density at radius 2 is 2.09 bits per heavy atom. The van der Waals surface area contributed by atoms with Gasteiger partial charge >= 0.3 is 0 Å². The van der Waals surface area contributed by atoms with E-state index in [-0.39, 0.29) is 23.5 Å². The average Bonchev–Trinajstić information content (AvgIpc) is 3.05. The molecule has 1 heterocycles. The SMILES string of the molecule is CN(C(=O)c1cn[nH]c1)C1CC(Oc2ccccc2)C1(C)C. The van der Waals surface area contributed by atoms with Crippen molar-refractivity contribution in [3.05, 3.63) is 48.3 Å². The van der Waals surface area contributed by atoms with Crippen molar-refractivity contribution in [2.75, 3.05) is 7.05 Å². The third kappa shape index (κ3) is 2.47. The summed E-state index contributed by atoms with van der Waals surface area (Å²) in [7, 11) is 1.85. The van der Waals surface area contributed by atoms with Gasteiger partial charge in [0.05, 0.1) is 11.8 Å². The molecule has 22 heavy (non-hydrogen) atoms. The summed E-state index contributed by atoms with van der Waals surface area (Å²) >= 11 is 0. The van der Waals surface area contributed by atoms with Gasteiger partial charge in [-0.2, -0.15) is 5.10 Å². The average molecular weight is 299 g/mol. The van der Waals surface area contributed by atoms with E-state index in [1.807, 2.05) is 37.4 Å². The van der Waals surface area contributed by atoms with Gasteiger partial charge in [0.2, 0.25) is 0 Å². The molecule has 0 radical (unpaired) electrons. The summed E-state index contributed by atoms with van der Waals surface area (Å²) in [5.41, 5.74) is 0.495. The quantitative estimate of drug-likeness (QED) is 0.944. The van der Waals surface area contributed by atoms with Crippen LogP contribution in [0.5, 0.6) is 5.75 Å². The van der Waals surface area contributed by atoms with Crippen LogP contribution < -0.4 is 4.74 Å². The fourth-order valence-corrected chi connectivity index (χ4v) is 3.10. The highest BCUT2D eigenvalue weighted by molar-refractivity contribution is 5.93. The van der Waals surface area contributed by atoms with E-state index < -0.39 is 0 Å². The van der Waals surface area contributed by atoms with Crippen LogP contribution in [0, 0.1) is 5.41 Å². The number of amides is 1. The van der Waals surface area contributed by atoms with Gasteiger partial charge in [0.1, 0.15) is 11.9 Å². The molecule has 1 aromatic carbocycles. The molecule has 0 aliphatic heterocycles. The van der Waals surface area contributed by atoms with Crippen molar-refractivity contribution in [1.29, 1.82) is 0 Å². The number of para-hydroxylation sites is 1. The van der Waals surface area contributed by atoms with Crippen molar-refractivity contribution in [2.45, 2.75) is 32.4 Å². The molecule has 5 heteroatoms. The highest BCUT2D eigenvalue weighted by Gasteiger charge is 2.53. The standard InChI is InChI=1S/C17H21N3O2/c1-17(2)14(20(3)16(21)12-10-18-19-11-12)9-15(17)22-13-7-5-4-6-8-13/h4-8,10-11,14-15H,9H2,1-3H3,(H,18,19). The molecule has 5 nitrogen and oxygen atoms in total. The summed E-state index contributed by atoms with van der Waals surface area (Å²) in [6.45, 7) is 4.29. The van der Waals surface area contributed by atoms with Gasteiger partial charge in [-0.15, -0.1) is 0 Å². The maximum Gasteiger partial charge on any atom is 0.257 e. The Hall–Kier alpha value is -2.30.